The van der Waals surface area contributed by atoms with Crippen molar-refractivity contribution in [3.63, 3.8) is 0 Å². The fourth-order valence-corrected chi connectivity index (χ4v) is 18.4. The highest BCUT2D eigenvalue weighted by Gasteiger charge is 2.57. The Morgan fingerprint density at radius 3 is 0.950 bits per heavy atom. The summed E-state index contributed by atoms with van der Waals surface area (Å²) in [5.74, 6) is -0.0260. The second kappa shape index (κ2) is 24.9. The third kappa shape index (κ3) is 14.0. The Bertz CT molecular complexity index is 2860. The monoisotopic (exact) mass is 1170 g/mol. The van der Waals surface area contributed by atoms with Gasteiger partial charge in [-0.25, -0.2) is 21.6 Å². The van der Waals surface area contributed by atoms with Crippen LogP contribution in [0.5, 0.6) is 0 Å². The molecule has 8 fully saturated rings. The Morgan fingerprint density at radius 2 is 0.700 bits per heavy atom. The van der Waals surface area contributed by atoms with Crippen LogP contribution in [-0.2, 0) is 61.1 Å². The quantitative estimate of drug-likeness (QED) is 0.0443. The lowest BCUT2D eigenvalue weighted by Crippen LogP contribution is -2.51. The van der Waals surface area contributed by atoms with Gasteiger partial charge in [-0.3, -0.25) is 4.79 Å². The van der Waals surface area contributed by atoms with Gasteiger partial charge in [0.15, 0.2) is 56.2 Å². The van der Waals surface area contributed by atoms with Crippen molar-refractivity contribution in [1.82, 2.24) is 0 Å². The van der Waals surface area contributed by atoms with E-state index in [2.05, 4.69) is 191 Å². The Balaban J connectivity index is 0.000000129. The normalized spacial score (nSPS) is 25.2. The van der Waals surface area contributed by atoms with E-state index in [0.29, 0.717) is 54.8 Å². The van der Waals surface area contributed by atoms with E-state index in [1.54, 1.807) is 0 Å². The first-order valence-corrected chi connectivity index (χ1v) is 32.2. The molecule has 80 heavy (non-hydrogen) atoms. The van der Waals surface area contributed by atoms with Crippen molar-refractivity contribution in [3.05, 3.63) is 182 Å². The van der Waals surface area contributed by atoms with Gasteiger partial charge in [0.05, 0.1) is 33.8 Å². The van der Waals surface area contributed by atoms with Crippen LogP contribution in [0.1, 0.15) is 77.0 Å². The lowest BCUT2D eigenvalue weighted by Gasteiger charge is -2.56. The van der Waals surface area contributed by atoms with Gasteiger partial charge in [0.25, 0.3) is 0 Å². The van der Waals surface area contributed by atoms with Crippen LogP contribution < -0.4 is 0 Å². The summed E-state index contributed by atoms with van der Waals surface area (Å²) in [6, 6.07) is 64.3. The minimum Gasteiger partial charge on any atom is -0.743 e. The molecule has 0 heterocycles. The zero-order valence-electron chi connectivity index (χ0n) is 43.9. The van der Waals surface area contributed by atoms with Crippen LogP contribution in [0.25, 0.3) is 0 Å². The molecule has 8 aliphatic rings. The van der Waals surface area contributed by atoms with Gasteiger partial charge in [-0.2, -0.15) is 17.6 Å². The van der Waals surface area contributed by atoms with E-state index in [1.807, 2.05) is 0 Å². The average molecular weight is 1170 g/mol. The maximum atomic E-state index is 13.1. The molecule has 424 valence electrons. The zero-order chi connectivity index (χ0) is 56.8. The maximum Gasteiger partial charge on any atom is 0.428 e. The molecular weight excluding hydrogens is 1110 g/mol. The van der Waals surface area contributed by atoms with E-state index in [4.69, 9.17) is 0 Å². The molecule has 0 aromatic heterocycles. The molecule has 8 bridgehead atoms. The maximum absolute atomic E-state index is 13.1. The van der Waals surface area contributed by atoms with E-state index < -0.39 is 54.7 Å². The third-order valence-corrected chi connectivity index (χ3v) is 22.4. The van der Waals surface area contributed by atoms with E-state index in [1.165, 1.54) is 29.4 Å². The predicted octanol–water partition coefficient (Wildman–Crippen LogP) is 13.3. The smallest absolute Gasteiger partial charge is 0.428 e. The van der Waals surface area contributed by atoms with Gasteiger partial charge in [-0.05, 0) is 185 Å². The Labute approximate surface area is 472 Å². The number of rotatable bonds is 14. The third-order valence-electron chi connectivity index (χ3n) is 16.3. The number of halogens is 4. The van der Waals surface area contributed by atoms with Crippen molar-refractivity contribution in [2.45, 2.75) is 117 Å². The Kier molecular flexibility index (Phi) is 18.4. The number of ether oxygens (including phenoxy) is 2. The molecule has 6 aromatic rings. The summed E-state index contributed by atoms with van der Waals surface area (Å²) < 4.78 is 124. The minimum atomic E-state index is -6.04. The number of hydrogen-bond acceptors (Lipinski definition) is 10. The fourth-order valence-electron chi connectivity index (χ4n) is 13.8. The van der Waals surface area contributed by atoms with Crippen LogP contribution in [0.3, 0.4) is 0 Å². The Morgan fingerprint density at radius 1 is 0.438 bits per heavy atom. The zero-order valence-corrected chi connectivity index (χ0v) is 47.2. The summed E-state index contributed by atoms with van der Waals surface area (Å²) in [4.78, 5) is 31.6. The van der Waals surface area contributed by atoms with E-state index in [0.717, 1.165) is 57.8 Å². The highest BCUT2D eigenvalue weighted by atomic mass is 32.2. The van der Waals surface area contributed by atoms with Gasteiger partial charge < -0.3 is 18.6 Å². The predicted molar refractivity (Wildman–Crippen MR) is 295 cm³/mol. The summed E-state index contributed by atoms with van der Waals surface area (Å²) in [6.07, 6.45) is 11.1. The fraction of sp³-hybridized carbons (Fsp3) is 0.387. The molecule has 8 aliphatic carbocycles. The van der Waals surface area contributed by atoms with Crippen LogP contribution in [-0.4, -0.2) is 61.6 Å². The SMILES string of the molecule is O=C(OCC(F)(F)S(=O)(=O)[O-])C12CC3CC(CC(C3)C1)C2.O=C(OCC12CC3CC(CC(C3)C1)C2)C(F)(F)S(=O)(=O)[O-].c1ccc([S+](c2ccccc2)c2ccccc2)cc1.c1ccc([S+](c2ccccc2)c2ccccc2)cc1. The molecule has 0 spiro atoms. The van der Waals surface area contributed by atoms with Gasteiger partial charge >= 0.3 is 22.4 Å². The first-order valence-electron chi connectivity index (χ1n) is 26.9. The van der Waals surface area contributed by atoms with Crippen molar-refractivity contribution in [2.75, 3.05) is 13.2 Å². The number of carbonyl (C=O) groups excluding carboxylic acids is 2. The van der Waals surface area contributed by atoms with E-state index in [-0.39, 0.29) is 33.8 Å². The van der Waals surface area contributed by atoms with Gasteiger partial charge in [0.1, 0.15) is 0 Å². The van der Waals surface area contributed by atoms with Crippen molar-refractivity contribution < 1.29 is 62.6 Å². The molecule has 0 saturated heterocycles. The summed E-state index contributed by atoms with van der Waals surface area (Å²) in [7, 11) is -11.9. The second-order valence-corrected chi connectivity index (χ2v) is 29.3. The first-order chi connectivity index (χ1) is 38.1. The topological polar surface area (TPSA) is 167 Å². The van der Waals surface area contributed by atoms with Crippen LogP contribution in [0.2, 0.25) is 0 Å². The van der Waals surface area contributed by atoms with Crippen molar-refractivity contribution in [3.8, 4) is 0 Å². The summed E-state index contributed by atoms with van der Waals surface area (Å²) in [6.45, 7) is -1.89. The van der Waals surface area contributed by atoms with Crippen LogP contribution in [0, 0.1) is 46.3 Å². The van der Waals surface area contributed by atoms with Gasteiger partial charge in [-0.15, -0.1) is 0 Å². The average Bonchev–Trinajstić information content (AvgIpc) is 3.51. The molecule has 0 radical (unpaired) electrons. The molecule has 0 aliphatic heterocycles. The standard InChI is InChI=1S/2C18H15S.2C13H18F2O5S/c2*1-4-10-16(11-5-1)19(17-12-6-2-7-13-17)18-14-8-3-9-15-18;14-13(15,21(17,18)19)7-20-11(16)12-4-8-1-9(5-12)3-10(2-8)6-12;14-13(15,21(17,18)19)11(16)20-7-12-4-8-1-9(5-12)3-10(2-8)6-12/h2*1-15H;2*8-10H,1-7H2,(H,17,18,19)/q2*+1;;/p-2. The highest BCUT2D eigenvalue weighted by Crippen LogP contribution is 2.61. The molecule has 14 rings (SSSR count). The number of hydrogen-bond donors (Lipinski definition) is 0. The minimum absolute atomic E-state index is 0.0146. The van der Waals surface area contributed by atoms with E-state index >= 15 is 0 Å². The molecule has 8 saturated carbocycles. The first kappa shape index (κ1) is 59.1. The molecule has 0 unspecified atom stereocenters. The van der Waals surface area contributed by atoms with Crippen LogP contribution >= 0.6 is 0 Å². The Hall–Kier alpha value is -5.50. The largest absolute Gasteiger partial charge is 0.743 e. The molecule has 18 heteroatoms. The van der Waals surface area contributed by atoms with E-state index in [9.17, 15) is 53.1 Å². The second-order valence-electron chi connectivity index (χ2n) is 22.3. The van der Waals surface area contributed by atoms with Crippen LogP contribution in [0.4, 0.5) is 17.6 Å². The molecule has 0 atom stereocenters. The number of benzene rings is 6. The molecule has 0 N–H and O–H groups in total. The number of alkyl halides is 4. The molecule has 10 nitrogen and oxygen atoms in total. The highest BCUT2D eigenvalue weighted by molar-refractivity contribution is 7.97. The lowest BCUT2D eigenvalue weighted by molar-refractivity contribution is -0.177. The summed E-state index contributed by atoms with van der Waals surface area (Å²) in [5, 5.41) is -9.57. The molecule has 6 aromatic carbocycles. The van der Waals surface area contributed by atoms with Gasteiger partial charge in [-0.1, -0.05) is 109 Å². The van der Waals surface area contributed by atoms with Gasteiger partial charge in [0, 0.05) is 5.41 Å². The summed E-state index contributed by atoms with van der Waals surface area (Å²) >= 11 is 0. The molecule has 0 amide bonds. The number of esters is 2. The van der Waals surface area contributed by atoms with Crippen molar-refractivity contribution >= 4 is 54.0 Å². The van der Waals surface area contributed by atoms with Crippen molar-refractivity contribution in [2.24, 2.45) is 46.3 Å². The lowest BCUT2D eigenvalue weighted by atomic mass is 9.49. The van der Waals surface area contributed by atoms with Crippen molar-refractivity contribution in [1.29, 1.82) is 0 Å². The number of carbonyl (C=O) groups is 2. The summed E-state index contributed by atoms with van der Waals surface area (Å²) in [5.41, 5.74) is -1.04. The van der Waals surface area contributed by atoms with Crippen LogP contribution in [0.15, 0.2) is 211 Å². The molecular formula is C62H64F4O10S4. The van der Waals surface area contributed by atoms with Gasteiger partial charge in [0.2, 0.25) is 0 Å².